The van der Waals surface area contributed by atoms with Crippen molar-refractivity contribution in [2.24, 2.45) is 0 Å². The molecule has 0 unspecified atom stereocenters. The fourth-order valence-corrected chi connectivity index (χ4v) is 1.63. The molecule has 0 amide bonds. The highest BCUT2D eigenvalue weighted by Gasteiger charge is 2.20. The lowest BCUT2D eigenvalue weighted by atomic mass is 10.0. The number of aromatic nitrogens is 2. The molecule has 0 aliphatic carbocycles. The summed E-state index contributed by atoms with van der Waals surface area (Å²) in [7, 11) is 0. The fraction of sp³-hybridized carbons (Fsp3) is 0.100. The Labute approximate surface area is 91.2 Å². The molecule has 1 aromatic carbocycles. The Morgan fingerprint density at radius 3 is 2.81 bits per heavy atom. The van der Waals surface area contributed by atoms with Gasteiger partial charge < -0.3 is 5.73 Å². The number of hydrogen-bond donors (Lipinski definition) is 2. The molecule has 0 fully saturated rings. The number of benzene rings is 1. The summed E-state index contributed by atoms with van der Waals surface area (Å²) in [5, 5.41) is 17.4. The van der Waals surface area contributed by atoms with Gasteiger partial charge in [0, 0.05) is 6.07 Å². The minimum Gasteiger partial charge on any atom is -0.396 e. The molecule has 3 N–H and O–H groups in total. The van der Waals surface area contributed by atoms with E-state index in [0.717, 1.165) is 5.56 Å². The van der Waals surface area contributed by atoms with Crippen LogP contribution in [-0.2, 0) is 0 Å². The summed E-state index contributed by atoms with van der Waals surface area (Å²) in [5.74, 6) is 0. The van der Waals surface area contributed by atoms with Crippen molar-refractivity contribution in [3.63, 3.8) is 0 Å². The molecule has 6 heteroatoms. The minimum atomic E-state index is -0.428. The smallest absolute Gasteiger partial charge is 0.279 e. The Hall–Kier alpha value is -2.37. The summed E-state index contributed by atoms with van der Waals surface area (Å²) < 4.78 is 0. The molecule has 0 radical (unpaired) electrons. The second-order valence-corrected chi connectivity index (χ2v) is 3.43. The SMILES string of the molecule is Cc1cccc([N+](=O)[O-])c1-c1[nH]ncc1N. The zero-order valence-electron chi connectivity index (χ0n) is 8.60. The molecule has 2 rings (SSSR count). The van der Waals surface area contributed by atoms with Gasteiger partial charge in [-0.3, -0.25) is 15.2 Å². The lowest BCUT2D eigenvalue weighted by Crippen LogP contribution is -1.96. The van der Waals surface area contributed by atoms with Crippen molar-refractivity contribution in [1.82, 2.24) is 10.2 Å². The maximum atomic E-state index is 10.9. The lowest BCUT2D eigenvalue weighted by molar-refractivity contribution is -0.384. The van der Waals surface area contributed by atoms with Crippen LogP contribution in [0.25, 0.3) is 11.3 Å². The molecule has 0 bridgehead atoms. The number of nitrogen functional groups attached to an aromatic ring is 1. The number of H-pyrrole nitrogens is 1. The third-order valence-corrected chi connectivity index (χ3v) is 2.37. The van der Waals surface area contributed by atoms with Gasteiger partial charge in [0.05, 0.1) is 28.1 Å². The lowest BCUT2D eigenvalue weighted by Gasteiger charge is -2.05. The number of hydrogen-bond acceptors (Lipinski definition) is 4. The van der Waals surface area contributed by atoms with Crippen LogP contribution in [0.4, 0.5) is 11.4 Å². The molecule has 82 valence electrons. The van der Waals surface area contributed by atoms with Crippen LogP contribution in [0.2, 0.25) is 0 Å². The van der Waals surface area contributed by atoms with Crippen LogP contribution in [0.15, 0.2) is 24.4 Å². The van der Waals surface area contributed by atoms with E-state index in [9.17, 15) is 10.1 Å². The number of nitrogens with one attached hydrogen (secondary N) is 1. The van der Waals surface area contributed by atoms with E-state index in [1.54, 1.807) is 19.1 Å². The zero-order valence-corrected chi connectivity index (χ0v) is 8.60. The van der Waals surface area contributed by atoms with Crippen LogP contribution >= 0.6 is 0 Å². The Morgan fingerprint density at radius 1 is 1.50 bits per heavy atom. The Kier molecular flexibility index (Phi) is 2.32. The van der Waals surface area contributed by atoms with E-state index < -0.39 is 4.92 Å². The van der Waals surface area contributed by atoms with Crippen LogP contribution < -0.4 is 5.73 Å². The van der Waals surface area contributed by atoms with E-state index >= 15 is 0 Å². The highest BCUT2D eigenvalue weighted by molar-refractivity contribution is 5.81. The third kappa shape index (κ3) is 1.50. The molecular formula is C10H10N4O2. The highest BCUT2D eigenvalue weighted by Crippen LogP contribution is 2.34. The quantitative estimate of drug-likeness (QED) is 0.593. The molecular weight excluding hydrogens is 208 g/mol. The largest absolute Gasteiger partial charge is 0.396 e. The normalized spacial score (nSPS) is 10.3. The summed E-state index contributed by atoms with van der Waals surface area (Å²) in [4.78, 5) is 10.5. The minimum absolute atomic E-state index is 0.0240. The molecule has 16 heavy (non-hydrogen) atoms. The van der Waals surface area contributed by atoms with Crippen molar-refractivity contribution in [2.75, 3.05) is 5.73 Å². The van der Waals surface area contributed by atoms with Gasteiger partial charge in [0.2, 0.25) is 0 Å². The maximum Gasteiger partial charge on any atom is 0.279 e. The number of nitrogens with two attached hydrogens (primary N) is 1. The third-order valence-electron chi connectivity index (χ3n) is 2.37. The number of nitro groups is 1. The number of aryl methyl sites for hydroxylation is 1. The maximum absolute atomic E-state index is 10.9. The van der Waals surface area contributed by atoms with Crippen molar-refractivity contribution in [1.29, 1.82) is 0 Å². The fourth-order valence-electron chi connectivity index (χ4n) is 1.63. The molecule has 0 atom stereocenters. The average Bonchev–Trinajstić information content (AvgIpc) is 2.64. The number of nitrogens with zero attached hydrogens (tertiary/aromatic N) is 2. The van der Waals surface area contributed by atoms with Gasteiger partial charge in [-0.25, -0.2) is 0 Å². The molecule has 0 saturated carbocycles. The van der Waals surface area contributed by atoms with Crippen LogP contribution in [-0.4, -0.2) is 15.1 Å². The number of anilines is 1. The molecule has 1 heterocycles. The van der Waals surface area contributed by atoms with E-state index in [1.165, 1.54) is 12.3 Å². The van der Waals surface area contributed by atoms with Crippen LogP contribution in [0, 0.1) is 17.0 Å². The number of nitro benzene ring substituents is 1. The van der Waals surface area contributed by atoms with Gasteiger partial charge >= 0.3 is 0 Å². The number of aromatic amines is 1. The van der Waals surface area contributed by atoms with Gasteiger partial charge in [0.1, 0.15) is 0 Å². The molecule has 0 aliphatic heterocycles. The number of rotatable bonds is 2. The van der Waals surface area contributed by atoms with Gasteiger partial charge in [0.15, 0.2) is 0 Å². The van der Waals surface area contributed by atoms with Crippen molar-refractivity contribution < 1.29 is 4.92 Å². The highest BCUT2D eigenvalue weighted by atomic mass is 16.6. The van der Waals surface area contributed by atoms with Gasteiger partial charge in [-0.15, -0.1) is 0 Å². The van der Waals surface area contributed by atoms with Crippen LogP contribution in [0.5, 0.6) is 0 Å². The zero-order chi connectivity index (χ0) is 11.7. The predicted molar refractivity (Wildman–Crippen MR) is 59.8 cm³/mol. The van der Waals surface area contributed by atoms with Crippen molar-refractivity contribution in [3.05, 3.63) is 40.1 Å². The monoisotopic (exact) mass is 218 g/mol. The first-order chi connectivity index (χ1) is 7.61. The molecule has 1 aromatic heterocycles. The predicted octanol–water partition coefficient (Wildman–Crippen LogP) is 1.88. The van der Waals surface area contributed by atoms with Crippen LogP contribution in [0.1, 0.15) is 5.56 Å². The van der Waals surface area contributed by atoms with Gasteiger partial charge in [-0.05, 0) is 12.5 Å². The van der Waals surface area contributed by atoms with Crippen molar-refractivity contribution >= 4 is 11.4 Å². The summed E-state index contributed by atoms with van der Waals surface area (Å²) in [6, 6.07) is 4.88. The standard InChI is InChI=1S/C10H10N4O2/c1-6-3-2-4-8(14(15)16)9(6)10-7(11)5-12-13-10/h2-5H,11H2,1H3,(H,12,13). The molecule has 0 spiro atoms. The molecule has 0 saturated heterocycles. The first-order valence-electron chi connectivity index (χ1n) is 4.64. The summed E-state index contributed by atoms with van der Waals surface area (Å²) in [6.07, 6.45) is 1.44. The first-order valence-corrected chi connectivity index (χ1v) is 4.64. The second-order valence-electron chi connectivity index (χ2n) is 3.43. The van der Waals surface area contributed by atoms with Crippen molar-refractivity contribution in [3.8, 4) is 11.3 Å². The summed E-state index contributed by atoms with van der Waals surface area (Å²) in [5.41, 5.74) is 7.88. The topological polar surface area (TPSA) is 97.8 Å². The van der Waals surface area contributed by atoms with Gasteiger partial charge in [-0.1, -0.05) is 12.1 Å². The van der Waals surface area contributed by atoms with E-state index in [-0.39, 0.29) is 5.69 Å². The van der Waals surface area contributed by atoms with Gasteiger partial charge in [0.25, 0.3) is 5.69 Å². The Bertz CT molecular complexity index is 548. The average molecular weight is 218 g/mol. The van der Waals surface area contributed by atoms with E-state index in [4.69, 9.17) is 5.73 Å². The van der Waals surface area contributed by atoms with E-state index in [1.807, 2.05) is 0 Å². The van der Waals surface area contributed by atoms with E-state index in [0.29, 0.717) is 16.9 Å². The summed E-state index contributed by atoms with van der Waals surface area (Å²) in [6.45, 7) is 1.79. The van der Waals surface area contributed by atoms with Crippen LogP contribution in [0.3, 0.4) is 0 Å². The Balaban J connectivity index is 2.73. The summed E-state index contributed by atoms with van der Waals surface area (Å²) >= 11 is 0. The molecule has 6 nitrogen and oxygen atoms in total. The molecule has 0 aliphatic rings. The first kappa shape index (κ1) is 10.2. The molecule has 2 aromatic rings. The van der Waals surface area contributed by atoms with Gasteiger partial charge in [-0.2, -0.15) is 5.10 Å². The Morgan fingerprint density at radius 2 is 2.25 bits per heavy atom. The van der Waals surface area contributed by atoms with Crippen molar-refractivity contribution in [2.45, 2.75) is 6.92 Å². The van der Waals surface area contributed by atoms with E-state index in [2.05, 4.69) is 10.2 Å². The second kappa shape index (κ2) is 3.65.